The lowest BCUT2D eigenvalue weighted by molar-refractivity contribution is -0.133. The van der Waals surface area contributed by atoms with Crippen LogP contribution in [0.1, 0.15) is 12.5 Å². The van der Waals surface area contributed by atoms with Gasteiger partial charge in [-0.1, -0.05) is 34.1 Å². The van der Waals surface area contributed by atoms with E-state index in [1.54, 1.807) is 13.0 Å². The molecule has 1 aromatic carbocycles. The normalized spacial score (nSPS) is 12.2. The van der Waals surface area contributed by atoms with E-state index in [2.05, 4.69) is 15.9 Å². The molecule has 1 atom stereocenters. The molecule has 0 N–H and O–H groups in total. The van der Waals surface area contributed by atoms with Gasteiger partial charge in [-0.25, -0.2) is 0 Å². The Kier molecular flexibility index (Phi) is 3.48. The summed E-state index contributed by atoms with van der Waals surface area (Å²) in [7, 11) is 0. The van der Waals surface area contributed by atoms with Gasteiger partial charge in [0.2, 0.25) is 0 Å². The van der Waals surface area contributed by atoms with E-state index in [-0.39, 0.29) is 10.8 Å². The number of hydrogen-bond acceptors (Lipinski definition) is 2. The highest BCUT2D eigenvalue weighted by molar-refractivity contribution is 9.10. The molecule has 0 fully saturated rings. The summed E-state index contributed by atoms with van der Waals surface area (Å²) in [4.78, 5) is 10.9. The van der Waals surface area contributed by atoms with Crippen LogP contribution in [0.3, 0.4) is 0 Å². The highest BCUT2D eigenvalue weighted by Gasteiger charge is 2.11. The summed E-state index contributed by atoms with van der Waals surface area (Å²) < 4.78 is 5.12. The van der Waals surface area contributed by atoms with Crippen LogP contribution in [0.2, 0.25) is 0 Å². The van der Waals surface area contributed by atoms with Crippen LogP contribution >= 0.6 is 15.9 Å². The molecule has 2 nitrogen and oxygen atoms in total. The van der Waals surface area contributed by atoms with E-state index in [1.165, 1.54) is 0 Å². The third-order valence-corrected chi connectivity index (χ3v) is 2.00. The predicted octanol–water partition coefficient (Wildman–Crippen LogP) is 2.68. The second kappa shape index (κ2) is 4.42. The van der Waals surface area contributed by atoms with Crippen molar-refractivity contribution in [2.24, 2.45) is 0 Å². The molecule has 0 aliphatic heterocycles. The number of benzene rings is 1. The molecule has 0 saturated heterocycles. The zero-order chi connectivity index (χ0) is 9.84. The fraction of sp³-hybridized carbons (Fsp3) is 0.300. The molecule has 0 saturated carbocycles. The van der Waals surface area contributed by atoms with Crippen LogP contribution < -0.4 is 4.74 Å². The minimum atomic E-state index is -0.271. The number of rotatable bonds is 2. The second-order valence-corrected chi connectivity index (χ2v) is 4.18. The fourth-order valence-corrected chi connectivity index (χ4v) is 0.954. The lowest BCUT2D eigenvalue weighted by Crippen LogP contribution is -2.17. The topological polar surface area (TPSA) is 26.3 Å². The van der Waals surface area contributed by atoms with Gasteiger partial charge in [-0.3, -0.25) is 4.79 Å². The van der Waals surface area contributed by atoms with Crippen molar-refractivity contribution in [3.63, 3.8) is 0 Å². The minimum Gasteiger partial charge on any atom is -0.425 e. The Morgan fingerprint density at radius 2 is 2.08 bits per heavy atom. The van der Waals surface area contributed by atoms with Crippen molar-refractivity contribution in [3.8, 4) is 5.75 Å². The molecule has 3 heteroatoms. The van der Waals surface area contributed by atoms with Crippen molar-refractivity contribution < 1.29 is 9.53 Å². The molecule has 70 valence electrons. The van der Waals surface area contributed by atoms with E-state index >= 15 is 0 Å². The number of ether oxygens (including phenoxy) is 1. The molecule has 0 aromatic heterocycles. The van der Waals surface area contributed by atoms with Crippen molar-refractivity contribution >= 4 is 21.9 Å². The molecule has 1 aromatic rings. The average molecular weight is 243 g/mol. The van der Waals surface area contributed by atoms with Crippen LogP contribution in [0.5, 0.6) is 5.75 Å². The van der Waals surface area contributed by atoms with Gasteiger partial charge in [-0.2, -0.15) is 0 Å². The lowest BCUT2D eigenvalue weighted by Gasteiger charge is -2.07. The van der Waals surface area contributed by atoms with Gasteiger partial charge in [0.1, 0.15) is 10.6 Å². The van der Waals surface area contributed by atoms with E-state index in [1.807, 2.05) is 25.1 Å². The summed E-state index contributed by atoms with van der Waals surface area (Å²) in [6.07, 6.45) is 0. The monoisotopic (exact) mass is 242 g/mol. The van der Waals surface area contributed by atoms with Crippen LogP contribution in [-0.2, 0) is 4.79 Å². The Morgan fingerprint density at radius 1 is 1.46 bits per heavy atom. The average Bonchev–Trinajstić information content (AvgIpc) is 2.08. The maximum absolute atomic E-state index is 11.2. The van der Waals surface area contributed by atoms with E-state index in [0.29, 0.717) is 5.75 Å². The first kappa shape index (κ1) is 10.3. The predicted molar refractivity (Wildman–Crippen MR) is 55.2 cm³/mol. The smallest absolute Gasteiger partial charge is 0.324 e. The maximum Gasteiger partial charge on any atom is 0.324 e. The molecule has 0 aliphatic carbocycles. The molecular formula is C10H11BrO2. The van der Waals surface area contributed by atoms with E-state index < -0.39 is 0 Å². The second-order valence-electron chi connectivity index (χ2n) is 2.80. The molecule has 0 radical (unpaired) electrons. The summed E-state index contributed by atoms with van der Waals surface area (Å²) >= 11 is 3.15. The number of para-hydroxylation sites is 1. The third kappa shape index (κ3) is 2.84. The fourth-order valence-electron chi connectivity index (χ4n) is 0.861. The summed E-state index contributed by atoms with van der Waals surface area (Å²) in [6, 6.07) is 7.43. The molecule has 0 amide bonds. The van der Waals surface area contributed by atoms with E-state index in [9.17, 15) is 4.79 Å². The van der Waals surface area contributed by atoms with Gasteiger partial charge in [-0.15, -0.1) is 0 Å². The van der Waals surface area contributed by atoms with Gasteiger partial charge < -0.3 is 4.74 Å². The molecular weight excluding hydrogens is 232 g/mol. The summed E-state index contributed by atoms with van der Waals surface area (Å²) in [6.45, 7) is 3.64. The molecule has 0 bridgehead atoms. The van der Waals surface area contributed by atoms with Gasteiger partial charge in [0, 0.05) is 0 Å². The SMILES string of the molecule is Cc1ccccc1OC(=O)C(C)Br. The van der Waals surface area contributed by atoms with Crippen LogP contribution in [0.4, 0.5) is 0 Å². The van der Waals surface area contributed by atoms with Gasteiger partial charge in [0.05, 0.1) is 0 Å². The summed E-state index contributed by atoms with van der Waals surface area (Å²) in [5.74, 6) is 0.355. The van der Waals surface area contributed by atoms with E-state index in [0.717, 1.165) is 5.56 Å². The highest BCUT2D eigenvalue weighted by atomic mass is 79.9. The van der Waals surface area contributed by atoms with Crippen molar-refractivity contribution in [2.45, 2.75) is 18.7 Å². The van der Waals surface area contributed by atoms with Crippen LogP contribution in [-0.4, -0.2) is 10.8 Å². The molecule has 0 spiro atoms. The Bertz CT molecular complexity index is 308. The number of aryl methyl sites for hydroxylation is 1. The van der Waals surface area contributed by atoms with Crippen LogP contribution in [0, 0.1) is 6.92 Å². The molecule has 0 aliphatic rings. The first-order valence-electron chi connectivity index (χ1n) is 4.02. The van der Waals surface area contributed by atoms with Gasteiger partial charge in [-0.05, 0) is 25.5 Å². The van der Waals surface area contributed by atoms with Gasteiger partial charge in [0.15, 0.2) is 0 Å². The van der Waals surface area contributed by atoms with E-state index in [4.69, 9.17) is 4.74 Å². The number of halogens is 1. The lowest BCUT2D eigenvalue weighted by atomic mass is 10.2. The number of hydrogen-bond donors (Lipinski definition) is 0. The van der Waals surface area contributed by atoms with Crippen LogP contribution in [0.25, 0.3) is 0 Å². The number of alkyl halides is 1. The van der Waals surface area contributed by atoms with Crippen molar-refractivity contribution in [1.82, 2.24) is 0 Å². The largest absolute Gasteiger partial charge is 0.425 e. The maximum atomic E-state index is 11.2. The van der Waals surface area contributed by atoms with Crippen molar-refractivity contribution in [3.05, 3.63) is 29.8 Å². The number of carbonyl (C=O) groups excluding carboxylic acids is 1. The van der Waals surface area contributed by atoms with Gasteiger partial charge in [0.25, 0.3) is 0 Å². The van der Waals surface area contributed by atoms with Gasteiger partial charge >= 0.3 is 5.97 Å². The molecule has 1 rings (SSSR count). The third-order valence-electron chi connectivity index (χ3n) is 1.63. The standard InChI is InChI=1S/C10H11BrO2/c1-7-5-3-4-6-9(7)13-10(12)8(2)11/h3-6,8H,1-2H3. The minimum absolute atomic E-state index is 0.269. The zero-order valence-electron chi connectivity index (χ0n) is 7.58. The summed E-state index contributed by atoms with van der Waals surface area (Å²) in [5, 5.41) is 0. The zero-order valence-corrected chi connectivity index (χ0v) is 9.17. The van der Waals surface area contributed by atoms with Crippen molar-refractivity contribution in [1.29, 1.82) is 0 Å². The molecule has 13 heavy (non-hydrogen) atoms. The van der Waals surface area contributed by atoms with Crippen molar-refractivity contribution in [2.75, 3.05) is 0 Å². The Balaban J connectivity index is 2.75. The molecule has 0 heterocycles. The Labute approximate surface area is 86.0 Å². The highest BCUT2D eigenvalue weighted by Crippen LogP contribution is 2.17. The Morgan fingerprint density at radius 3 is 2.62 bits per heavy atom. The first-order valence-corrected chi connectivity index (χ1v) is 4.94. The number of esters is 1. The Hall–Kier alpha value is -0.830. The molecule has 1 unspecified atom stereocenters. The number of carbonyl (C=O) groups is 1. The van der Waals surface area contributed by atoms with Crippen LogP contribution in [0.15, 0.2) is 24.3 Å². The first-order chi connectivity index (χ1) is 6.11. The quantitative estimate of drug-likeness (QED) is 0.453. The summed E-state index contributed by atoms with van der Waals surface area (Å²) in [5.41, 5.74) is 0.962.